The fourth-order valence-electron chi connectivity index (χ4n) is 1.90. The molecule has 0 aliphatic carbocycles. The number of rotatable bonds is 5. The van der Waals surface area contributed by atoms with E-state index in [1.54, 1.807) is 41.6 Å². The van der Waals surface area contributed by atoms with Gasteiger partial charge < -0.3 is 0 Å². The third-order valence-electron chi connectivity index (χ3n) is 3.20. The number of hydrogen-bond donors (Lipinski definition) is 0. The van der Waals surface area contributed by atoms with E-state index in [2.05, 4.69) is 0 Å². The molecule has 0 saturated carbocycles. The maximum Gasteiger partial charge on any atom is 0.190 e. The second-order valence-corrected chi connectivity index (χ2v) is 9.04. The van der Waals surface area contributed by atoms with Crippen LogP contribution < -0.4 is 0 Å². The fraction of sp³-hybridized carbons (Fsp3) is 0.188. The smallest absolute Gasteiger partial charge is 0.190 e. The molecule has 0 spiro atoms. The molecule has 0 heterocycles. The van der Waals surface area contributed by atoms with Crippen LogP contribution in [0.25, 0.3) is 11.1 Å². The Hall–Kier alpha value is -1.21. The molecule has 1 unspecified atom stereocenters. The summed E-state index contributed by atoms with van der Waals surface area (Å²) in [5, 5.41) is 0. The molecule has 0 fully saturated rings. The SMILES string of the molecule is CCS(=O)(=O)C(I)C(=O)c1ccc(-c2ccccc2)cc1. The standard InChI is InChI=1S/C16H15IO3S/c1-2-21(19,20)16(17)15(18)14-10-8-13(9-11-14)12-6-4-3-5-7-12/h3-11,16H,2H2,1H3. The van der Waals surface area contributed by atoms with Crippen LogP contribution in [0.4, 0.5) is 0 Å². The molecule has 0 radical (unpaired) electrons. The highest BCUT2D eigenvalue weighted by Crippen LogP contribution is 2.22. The minimum Gasteiger partial charge on any atom is -0.292 e. The van der Waals surface area contributed by atoms with Crippen molar-refractivity contribution < 1.29 is 13.2 Å². The molecule has 0 saturated heterocycles. The Morgan fingerprint density at radius 1 is 1.00 bits per heavy atom. The predicted molar refractivity (Wildman–Crippen MR) is 93.5 cm³/mol. The van der Waals surface area contributed by atoms with Gasteiger partial charge in [0.2, 0.25) is 0 Å². The second kappa shape index (κ2) is 6.70. The number of Topliss-reactive ketones (excluding diaryl/α,β-unsaturated/α-hetero) is 1. The van der Waals surface area contributed by atoms with Crippen molar-refractivity contribution in [1.82, 2.24) is 0 Å². The number of carbonyl (C=O) groups excluding carboxylic acids is 1. The van der Waals surface area contributed by atoms with Crippen molar-refractivity contribution in [2.24, 2.45) is 0 Å². The lowest BCUT2D eigenvalue weighted by Crippen LogP contribution is -2.25. The summed E-state index contributed by atoms with van der Waals surface area (Å²) in [4.78, 5) is 12.2. The van der Waals surface area contributed by atoms with E-state index in [1.165, 1.54) is 0 Å². The normalized spacial score (nSPS) is 12.9. The molecule has 5 heteroatoms. The lowest BCUT2D eigenvalue weighted by Gasteiger charge is -2.09. The lowest BCUT2D eigenvalue weighted by atomic mass is 10.0. The zero-order valence-corrected chi connectivity index (χ0v) is 14.5. The van der Waals surface area contributed by atoms with Gasteiger partial charge in [0.15, 0.2) is 18.9 Å². The van der Waals surface area contributed by atoms with E-state index in [0.717, 1.165) is 11.1 Å². The average molecular weight is 414 g/mol. The van der Waals surface area contributed by atoms with E-state index in [1.807, 2.05) is 42.5 Å². The molecule has 2 rings (SSSR count). The van der Waals surface area contributed by atoms with Gasteiger partial charge in [0.25, 0.3) is 0 Å². The van der Waals surface area contributed by atoms with E-state index < -0.39 is 13.1 Å². The molecule has 21 heavy (non-hydrogen) atoms. The van der Waals surface area contributed by atoms with Crippen LogP contribution in [0.2, 0.25) is 0 Å². The molecule has 0 aliphatic rings. The maximum absolute atomic E-state index is 12.2. The van der Waals surface area contributed by atoms with E-state index in [-0.39, 0.29) is 11.5 Å². The Morgan fingerprint density at radius 3 is 2.05 bits per heavy atom. The van der Waals surface area contributed by atoms with Crippen LogP contribution >= 0.6 is 22.6 Å². The van der Waals surface area contributed by atoms with Crippen molar-refractivity contribution in [2.45, 2.75) is 10.2 Å². The summed E-state index contributed by atoms with van der Waals surface area (Å²) in [5.74, 6) is -0.397. The van der Waals surface area contributed by atoms with Crippen molar-refractivity contribution in [3.8, 4) is 11.1 Å². The molecule has 2 aromatic rings. The number of sulfone groups is 1. The molecular formula is C16H15IO3S. The topological polar surface area (TPSA) is 51.2 Å². The first-order valence-electron chi connectivity index (χ1n) is 6.51. The highest BCUT2D eigenvalue weighted by molar-refractivity contribution is 14.1. The first-order valence-corrected chi connectivity index (χ1v) is 9.47. The summed E-state index contributed by atoms with van der Waals surface area (Å²) < 4.78 is 22.5. The van der Waals surface area contributed by atoms with Gasteiger partial charge in [0.1, 0.15) is 0 Å². The van der Waals surface area contributed by atoms with Gasteiger partial charge in [-0.1, -0.05) is 84.1 Å². The van der Waals surface area contributed by atoms with E-state index in [4.69, 9.17) is 0 Å². The van der Waals surface area contributed by atoms with Crippen LogP contribution in [-0.2, 0) is 9.84 Å². The minimum absolute atomic E-state index is 0.0333. The van der Waals surface area contributed by atoms with Gasteiger partial charge in [-0.2, -0.15) is 0 Å². The molecule has 0 bridgehead atoms. The van der Waals surface area contributed by atoms with Crippen LogP contribution in [0, 0.1) is 0 Å². The molecule has 3 nitrogen and oxygen atoms in total. The zero-order valence-electron chi connectivity index (χ0n) is 11.5. The van der Waals surface area contributed by atoms with E-state index >= 15 is 0 Å². The van der Waals surface area contributed by atoms with Gasteiger partial charge in [0, 0.05) is 11.3 Å². The number of halogens is 1. The van der Waals surface area contributed by atoms with E-state index in [0.29, 0.717) is 5.56 Å². The highest BCUT2D eigenvalue weighted by atomic mass is 127. The minimum atomic E-state index is -3.37. The van der Waals surface area contributed by atoms with Crippen molar-refractivity contribution in [3.05, 3.63) is 60.2 Å². The largest absolute Gasteiger partial charge is 0.292 e. The fourth-order valence-corrected chi connectivity index (χ4v) is 4.09. The number of alkyl halides is 1. The molecule has 0 aromatic heterocycles. The Bertz CT molecular complexity index is 722. The number of ketones is 1. The maximum atomic E-state index is 12.2. The number of hydrogen-bond acceptors (Lipinski definition) is 3. The summed E-state index contributed by atoms with van der Waals surface area (Å²) >= 11 is 1.70. The van der Waals surface area contributed by atoms with E-state index in [9.17, 15) is 13.2 Å². The summed E-state index contributed by atoms with van der Waals surface area (Å²) in [6, 6.07) is 16.8. The molecule has 2 aromatic carbocycles. The Morgan fingerprint density at radius 2 is 1.52 bits per heavy atom. The molecule has 0 N–H and O–H groups in total. The first-order chi connectivity index (χ1) is 9.95. The third-order valence-corrected chi connectivity index (χ3v) is 7.74. The van der Waals surface area contributed by atoms with Crippen molar-refractivity contribution in [1.29, 1.82) is 0 Å². The van der Waals surface area contributed by atoms with Crippen molar-refractivity contribution in [2.75, 3.05) is 5.75 Å². The molecule has 110 valence electrons. The molecule has 1 atom stereocenters. The van der Waals surface area contributed by atoms with Gasteiger partial charge in [0.05, 0.1) is 0 Å². The monoisotopic (exact) mass is 414 g/mol. The third kappa shape index (κ3) is 3.71. The lowest BCUT2D eigenvalue weighted by molar-refractivity contribution is 0.101. The molecular weight excluding hydrogens is 399 g/mol. The Labute approximate surface area is 138 Å². The van der Waals surface area contributed by atoms with Crippen molar-refractivity contribution >= 4 is 38.2 Å². The highest BCUT2D eigenvalue weighted by Gasteiger charge is 2.28. The Balaban J connectivity index is 2.26. The molecule has 0 aliphatic heterocycles. The van der Waals surface area contributed by atoms with Crippen molar-refractivity contribution in [3.63, 3.8) is 0 Å². The number of benzene rings is 2. The number of carbonyl (C=O) groups is 1. The quantitative estimate of drug-likeness (QED) is 0.426. The van der Waals surface area contributed by atoms with Gasteiger partial charge in [-0.3, -0.25) is 4.79 Å². The van der Waals surface area contributed by atoms with Gasteiger partial charge >= 0.3 is 0 Å². The average Bonchev–Trinajstić information content (AvgIpc) is 2.54. The first kappa shape index (κ1) is 16.2. The van der Waals surface area contributed by atoms with Crippen LogP contribution in [0.1, 0.15) is 17.3 Å². The summed E-state index contributed by atoms with van der Waals surface area (Å²) in [6.07, 6.45) is 0. The van der Waals surface area contributed by atoms with Gasteiger partial charge in [-0.05, 0) is 11.1 Å². The Kier molecular flexibility index (Phi) is 5.16. The predicted octanol–water partition coefficient (Wildman–Crippen LogP) is 3.73. The zero-order chi connectivity index (χ0) is 15.5. The van der Waals surface area contributed by atoms with Gasteiger partial charge in [-0.25, -0.2) is 8.42 Å². The summed E-state index contributed by atoms with van der Waals surface area (Å²) in [7, 11) is -3.37. The van der Waals surface area contributed by atoms with Crippen LogP contribution in [0.5, 0.6) is 0 Å². The van der Waals surface area contributed by atoms with Crippen LogP contribution in [-0.4, -0.2) is 23.2 Å². The second-order valence-electron chi connectivity index (χ2n) is 4.58. The van der Waals surface area contributed by atoms with Crippen LogP contribution in [0.3, 0.4) is 0 Å². The molecule has 0 amide bonds. The summed E-state index contributed by atoms with van der Waals surface area (Å²) in [5.41, 5.74) is 2.48. The van der Waals surface area contributed by atoms with Crippen LogP contribution in [0.15, 0.2) is 54.6 Å². The van der Waals surface area contributed by atoms with Gasteiger partial charge in [-0.15, -0.1) is 0 Å². The summed E-state index contributed by atoms with van der Waals surface area (Å²) in [6.45, 7) is 1.55.